The highest BCUT2D eigenvalue weighted by Crippen LogP contribution is 2.04. The van der Waals surface area contributed by atoms with E-state index in [1.54, 1.807) is 6.08 Å². The molecule has 0 aromatic rings. The number of epoxide rings is 3. The van der Waals surface area contributed by atoms with E-state index in [1.165, 1.54) is 0 Å². The molecular weight excluding hydrogens is 168 g/mol. The maximum atomic E-state index is 4.71. The van der Waals surface area contributed by atoms with Gasteiger partial charge >= 0.3 is 0 Å². The van der Waals surface area contributed by atoms with Crippen LogP contribution in [-0.4, -0.2) is 39.1 Å². The van der Waals surface area contributed by atoms with Crippen molar-refractivity contribution >= 4 is 0 Å². The zero-order chi connectivity index (χ0) is 9.94. The first-order valence-electron chi connectivity index (χ1n) is 4.65. The van der Waals surface area contributed by atoms with Crippen molar-refractivity contribution in [2.24, 2.45) is 0 Å². The molecule has 0 aliphatic carbocycles. The normalized spacial score (nSPS) is 24.3. The van der Waals surface area contributed by atoms with Gasteiger partial charge in [-0.3, -0.25) is 0 Å². The molecule has 0 N–H and O–H groups in total. The molecule has 3 nitrogen and oxygen atoms in total. The van der Waals surface area contributed by atoms with Gasteiger partial charge in [-0.25, -0.2) is 0 Å². The minimum atomic E-state index is 0.583. The summed E-state index contributed by atoms with van der Waals surface area (Å²) in [5.41, 5.74) is 0. The van der Waals surface area contributed by atoms with Crippen molar-refractivity contribution in [1.82, 2.24) is 0 Å². The summed E-state index contributed by atoms with van der Waals surface area (Å²) < 4.78 is 13.7. The van der Waals surface area contributed by atoms with Crippen LogP contribution in [0.25, 0.3) is 0 Å². The van der Waals surface area contributed by atoms with E-state index in [9.17, 15) is 0 Å². The average Bonchev–Trinajstić information content (AvgIpc) is 2.90. The molecule has 3 aliphatic heterocycles. The summed E-state index contributed by atoms with van der Waals surface area (Å²) in [7, 11) is 0. The van der Waals surface area contributed by atoms with E-state index in [0.29, 0.717) is 6.10 Å². The molecule has 0 aromatic carbocycles. The molecule has 0 spiro atoms. The number of ether oxygens (including phenoxy) is 3. The molecule has 3 aliphatic rings. The van der Waals surface area contributed by atoms with E-state index in [4.69, 9.17) is 4.74 Å². The van der Waals surface area contributed by atoms with Crippen molar-refractivity contribution < 1.29 is 14.2 Å². The average molecular weight is 188 g/mol. The van der Waals surface area contributed by atoms with Crippen LogP contribution in [0.3, 0.4) is 0 Å². The highest BCUT2D eigenvalue weighted by atomic mass is 16.6. The fraction of sp³-hybridized carbons (Fsp3) is 0.800. The highest BCUT2D eigenvalue weighted by Gasteiger charge is 2.13. The Labute approximate surface area is 80.7 Å². The van der Waals surface area contributed by atoms with Crippen molar-refractivity contribution in [2.45, 2.75) is 20.0 Å². The van der Waals surface area contributed by atoms with Gasteiger partial charge in [-0.2, -0.15) is 0 Å². The molecule has 3 saturated heterocycles. The predicted molar refractivity (Wildman–Crippen MR) is 52.9 cm³/mol. The van der Waals surface area contributed by atoms with Crippen LogP contribution < -0.4 is 0 Å². The molecule has 1 atom stereocenters. The van der Waals surface area contributed by atoms with Gasteiger partial charge in [0.15, 0.2) is 0 Å². The molecule has 78 valence electrons. The summed E-state index contributed by atoms with van der Waals surface area (Å²) in [5.74, 6) is 0. The Morgan fingerprint density at radius 2 is 1.31 bits per heavy atom. The van der Waals surface area contributed by atoms with Crippen LogP contribution >= 0.6 is 0 Å². The lowest BCUT2D eigenvalue weighted by Crippen LogP contribution is -1.60. The van der Waals surface area contributed by atoms with Crippen molar-refractivity contribution in [3.05, 3.63) is 12.7 Å². The third kappa shape index (κ3) is 50.4. The van der Waals surface area contributed by atoms with Crippen LogP contribution in [0.2, 0.25) is 0 Å². The van der Waals surface area contributed by atoms with Gasteiger partial charge in [-0.1, -0.05) is 6.08 Å². The minimum Gasteiger partial charge on any atom is -0.377 e. The van der Waals surface area contributed by atoms with Gasteiger partial charge < -0.3 is 14.2 Å². The van der Waals surface area contributed by atoms with Crippen molar-refractivity contribution in [1.29, 1.82) is 0 Å². The SMILES string of the molecule is C1CO1.C1CO1.C=CC.CC1CO1. The van der Waals surface area contributed by atoms with Crippen molar-refractivity contribution in [2.75, 3.05) is 33.0 Å². The molecule has 3 rings (SSSR count). The summed E-state index contributed by atoms with van der Waals surface area (Å²) in [6.45, 7) is 12.3. The number of allylic oxidation sites excluding steroid dienone is 1. The van der Waals surface area contributed by atoms with Crippen LogP contribution in [-0.2, 0) is 14.2 Å². The van der Waals surface area contributed by atoms with Crippen LogP contribution in [0, 0.1) is 0 Å². The van der Waals surface area contributed by atoms with Crippen LogP contribution in [0.5, 0.6) is 0 Å². The molecule has 0 aromatic heterocycles. The molecule has 3 heterocycles. The second kappa shape index (κ2) is 9.71. The lowest BCUT2D eigenvalue weighted by atomic mass is 10.6. The van der Waals surface area contributed by atoms with E-state index in [1.807, 2.05) is 6.92 Å². The molecule has 13 heavy (non-hydrogen) atoms. The zero-order valence-electron chi connectivity index (χ0n) is 8.62. The first-order chi connectivity index (χ1) is 6.31. The number of hydrogen-bond donors (Lipinski definition) is 0. The van der Waals surface area contributed by atoms with E-state index in [2.05, 4.69) is 23.0 Å². The molecular formula is C10H20O3. The van der Waals surface area contributed by atoms with Crippen molar-refractivity contribution in [3.8, 4) is 0 Å². The van der Waals surface area contributed by atoms with Gasteiger partial charge in [0.2, 0.25) is 0 Å². The fourth-order valence-corrected chi connectivity index (χ4v) is 0.0962. The smallest absolute Gasteiger partial charge is 0.0781 e. The summed E-state index contributed by atoms with van der Waals surface area (Å²) >= 11 is 0. The van der Waals surface area contributed by atoms with E-state index >= 15 is 0 Å². The highest BCUT2D eigenvalue weighted by molar-refractivity contribution is 4.58. The third-order valence-corrected chi connectivity index (χ3v) is 0.908. The molecule has 3 fully saturated rings. The van der Waals surface area contributed by atoms with Gasteiger partial charge in [-0.15, -0.1) is 6.58 Å². The minimum absolute atomic E-state index is 0.583. The number of rotatable bonds is 0. The second-order valence-electron chi connectivity index (χ2n) is 2.78. The van der Waals surface area contributed by atoms with E-state index in [-0.39, 0.29) is 0 Å². The number of hydrogen-bond acceptors (Lipinski definition) is 3. The van der Waals surface area contributed by atoms with Gasteiger partial charge in [0.25, 0.3) is 0 Å². The van der Waals surface area contributed by atoms with Crippen molar-refractivity contribution in [3.63, 3.8) is 0 Å². The predicted octanol–water partition coefficient (Wildman–Crippen LogP) is 1.63. The largest absolute Gasteiger partial charge is 0.377 e. The molecule has 3 heteroatoms. The molecule has 1 unspecified atom stereocenters. The summed E-state index contributed by atoms with van der Waals surface area (Å²) in [6, 6.07) is 0. The lowest BCUT2D eigenvalue weighted by molar-refractivity contribution is 0.423. The Bertz CT molecular complexity index is 95.2. The Morgan fingerprint density at radius 3 is 1.31 bits per heavy atom. The van der Waals surface area contributed by atoms with Gasteiger partial charge in [0.05, 0.1) is 39.1 Å². The first-order valence-corrected chi connectivity index (χ1v) is 4.65. The summed E-state index contributed by atoms with van der Waals surface area (Å²) in [6.07, 6.45) is 2.33. The molecule has 0 bridgehead atoms. The van der Waals surface area contributed by atoms with E-state index < -0.39 is 0 Å². The van der Waals surface area contributed by atoms with E-state index in [0.717, 1.165) is 33.0 Å². The van der Waals surface area contributed by atoms with Gasteiger partial charge in [0, 0.05) is 0 Å². The summed E-state index contributed by atoms with van der Waals surface area (Å²) in [5, 5.41) is 0. The maximum absolute atomic E-state index is 4.71. The standard InChI is InChI=1S/C3H6O.C3H6.2C2H4O/c1-3-2-4-3;1-3-2;2*1-2-3-1/h3H,2H2,1H3;3H,1H2,2H3;2*1-2H2. The molecule has 0 saturated carbocycles. The maximum Gasteiger partial charge on any atom is 0.0781 e. The Hall–Kier alpha value is -0.380. The Balaban J connectivity index is 0.000000149. The van der Waals surface area contributed by atoms with Crippen LogP contribution in [0.15, 0.2) is 12.7 Å². The molecule has 0 amide bonds. The quantitative estimate of drug-likeness (QED) is 0.428. The Morgan fingerprint density at radius 1 is 1.15 bits per heavy atom. The van der Waals surface area contributed by atoms with Crippen LogP contribution in [0.4, 0.5) is 0 Å². The second-order valence-corrected chi connectivity index (χ2v) is 2.78. The van der Waals surface area contributed by atoms with Crippen LogP contribution in [0.1, 0.15) is 13.8 Å². The third-order valence-electron chi connectivity index (χ3n) is 0.908. The fourth-order valence-electron chi connectivity index (χ4n) is 0.0962. The topological polar surface area (TPSA) is 37.6 Å². The Kier molecular flexibility index (Phi) is 9.42. The van der Waals surface area contributed by atoms with Gasteiger partial charge in [0.1, 0.15) is 0 Å². The molecule has 0 radical (unpaired) electrons. The summed E-state index contributed by atoms with van der Waals surface area (Å²) in [4.78, 5) is 0. The first kappa shape index (κ1) is 12.6. The van der Waals surface area contributed by atoms with Gasteiger partial charge in [-0.05, 0) is 13.8 Å². The lowest BCUT2D eigenvalue weighted by Gasteiger charge is -1.50. The zero-order valence-corrected chi connectivity index (χ0v) is 8.62. The monoisotopic (exact) mass is 188 g/mol.